The zero-order chi connectivity index (χ0) is 28.1. The number of aliphatic carboxylic acids is 1. The lowest BCUT2D eigenvalue weighted by Gasteiger charge is -2.25. The van der Waals surface area contributed by atoms with Gasteiger partial charge in [0.05, 0.1) is 30.4 Å². The van der Waals surface area contributed by atoms with Gasteiger partial charge in [-0.1, -0.05) is 12.1 Å². The number of ether oxygens (including phenoxy) is 2. The van der Waals surface area contributed by atoms with Gasteiger partial charge in [0.1, 0.15) is 25.5 Å². The first-order chi connectivity index (χ1) is 18.7. The van der Waals surface area contributed by atoms with Crippen LogP contribution in [0.4, 0.5) is 11.4 Å². The summed E-state index contributed by atoms with van der Waals surface area (Å²) in [6, 6.07) is 7.83. The van der Waals surface area contributed by atoms with E-state index in [0.29, 0.717) is 11.5 Å². The molecule has 2 atom stereocenters. The number of carboxylic acids is 1. The van der Waals surface area contributed by atoms with Crippen molar-refractivity contribution in [2.75, 3.05) is 36.3 Å². The minimum absolute atomic E-state index is 0.00748. The van der Waals surface area contributed by atoms with Crippen LogP contribution in [-0.4, -0.2) is 84.7 Å². The van der Waals surface area contributed by atoms with E-state index in [1.54, 1.807) is 12.1 Å². The number of amides is 4. The standard InChI is InChI=1S/C25H24N4O10/c30-11-15(8-23(34)35)26-21(32)10-29-18-4-2-1-3-17(18)28(22(33)12-31)9-16(25(29)37)27-24(36)14-5-6-19-20(7-14)39-13-38-19/h1-7,11,15-16,31H,8-10,12-13H2,(H,26,32)(H,27,36)(H,34,35)/t15-,16-/m0/s1. The van der Waals surface area contributed by atoms with Gasteiger partial charge >= 0.3 is 5.97 Å². The molecular weight excluding hydrogens is 516 g/mol. The molecule has 204 valence electrons. The summed E-state index contributed by atoms with van der Waals surface area (Å²) < 4.78 is 10.5. The third-order valence-electron chi connectivity index (χ3n) is 5.98. The number of rotatable bonds is 9. The quantitative estimate of drug-likeness (QED) is 0.288. The van der Waals surface area contributed by atoms with Gasteiger partial charge in [0, 0.05) is 5.56 Å². The molecule has 0 aromatic heterocycles. The van der Waals surface area contributed by atoms with E-state index in [2.05, 4.69) is 10.6 Å². The van der Waals surface area contributed by atoms with Crippen molar-refractivity contribution in [1.29, 1.82) is 0 Å². The van der Waals surface area contributed by atoms with Gasteiger partial charge in [0.25, 0.3) is 17.7 Å². The Morgan fingerprint density at radius 2 is 1.79 bits per heavy atom. The Kier molecular flexibility index (Phi) is 8.05. The minimum atomic E-state index is -1.36. The Labute approximate surface area is 221 Å². The maximum atomic E-state index is 13.7. The van der Waals surface area contributed by atoms with Gasteiger partial charge in [-0.05, 0) is 30.3 Å². The maximum Gasteiger partial charge on any atom is 0.305 e. The zero-order valence-corrected chi connectivity index (χ0v) is 20.4. The fourth-order valence-electron chi connectivity index (χ4n) is 4.18. The number of aliphatic hydroxyl groups excluding tert-OH is 1. The van der Waals surface area contributed by atoms with Crippen LogP contribution in [0.3, 0.4) is 0 Å². The van der Waals surface area contributed by atoms with Crippen LogP contribution in [0.2, 0.25) is 0 Å². The summed E-state index contributed by atoms with van der Waals surface area (Å²) in [6.07, 6.45) is -0.396. The monoisotopic (exact) mass is 540 g/mol. The van der Waals surface area contributed by atoms with E-state index < -0.39 is 61.3 Å². The molecule has 4 N–H and O–H groups in total. The lowest BCUT2D eigenvalue weighted by molar-refractivity contribution is -0.139. The third kappa shape index (κ3) is 5.96. The van der Waals surface area contributed by atoms with Gasteiger partial charge in [-0.25, -0.2) is 0 Å². The van der Waals surface area contributed by atoms with Crippen LogP contribution in [0.15, 0.2) is 42.5 Å². The highest BCUT2D eigenvalue weighted by molar-refractivity contribution is 6.11. The first-order valence-electron chi connectivity index (χ1n) is 11.7. The second-order valence-electron chi connectivity index (χ2n) is 8.58. The number of aliphatic hydroxyl groups is 1. The van der Waals surface area contributed by atoms with Crippen LogP contribution >= 0.6 is 0 Å². The normalized spacial score (nSPS) is 16.5. The van der Waals surface area contributed by atoms with E-state index >= 15 is 0 Å². The van der Waals surface area contributed by atoms with Crippen molar-refractivity contribution in [3.63, 3.8) is 0 Å². The molecule has 0 saturated carbocycles. The van der Waals surface area contributed by atoms with Gasteiger partial charge in [-0.2, -0.15) is 0 Å². The van der Waals surface area contributed by atoms with Crippen molar-refractivity contribution >= 4 is 47.3 Å². The predicted molar refractivity (Wildman–Crippen MR) is 132 cm³/mol. The molecule has 2 aromatic carbocycles. The van der Waals surface area contributed by atoms with E-state index in [4.69, 9.17) is 14.6 Å². The van der Waals surface area contributed by atoms with Crippen molar-refractivity contribution in [2.24, 2.45) is 0 Å². The fourth-order valence-corrected chi connectivity index (χ4v) is 4.18. The second-order valence-corrected chi connectivity index (χ2v) is 8.58. The van der Waals surface area contributed by atoms with E-state index in [1.165, 1.54) is 30.3 Å². The molecule has 0 aliphatic carbocycles. The van der Waals surface area contributed by atoms with Crippen molar-refractivity contribution in [1.82, 2.24) is 10.6 Å². The van der Waals surface area contributed by atoms with Crippen LogP contribution in [0.5, 0.6) is 11.5 Å². The molecule has 0 fully saturated rings. The number of benzene rings is 2. The van der Waals surface area contributed by atoms with Gasteiger partial charge in [-0.3, -0.25) is 28.9 Å². The van der Waals surface area contributed by atoms with Crippen molar-refractivity contribution < 1.29 is 48.5 Å². The lowest BCUT2D eigenvalue weighted by atomic mass is 10.1. The molecule has 4 amide bonds. The fraction of sp³-hybridized carbons (Fsp3) is 0.280. The Balaban J connectivity index is 1.64. The number of aldehydes is 1. The molecule has 0 saturated heterocycles. The smallest absolute Gasteiger partial charge is 0.305 e. The van der Waals surface area contributed by atoms with Crippen molar-refractivity contribution in [2.45, 2.75) is 18.5 Å². The van der Waals surface area contributed by atoms with E-state index in [-0.39, 0.29) is 36.6 Å². The molecule has 14 heteroatoms. The highest BCUT2D eigenvalue weighted by Gasteiger charge is 2.38. The summed E-state index contributed by atoms with van der Waals surface area (Å²) in [7, 11) is 0. The van der Waals surface area contributed by atoms with Crippen LogP contribution < -0.4 is 29.9 Å². The van der Waals surface area contributed by atoms with Gasteiger partial charge in [0.15, 0.2) is 11.5 Å². The molecular formula is C25H24N4O10. The molecule has 14 nitrogen and oxygen atoms in total. The third-order valence-corrected chi connectivity index (χ3v) is 5.98. The van der Waals surface area contributed by atoms with Crippen molar-refractivity contribution in [3.8, 4) is 11.5 Å². The molecule has 4 rings (SSSR count). The minimum Gasteiger partial charge on any atom is -0.481 e. The number of anilines is 2. The number of hydrogen-bond acceptors (Lipinski definition) is 9. The van der Waals surface area contributed by atoms with Gasteiger partial charge in [-0.15, -0.1) is 0 Å². The summed E-state index contributed by atoms with van der Waals surface area (Å²) in [4.78, 5) is 76.6. The highest BCUT2D eigenvalue weighted by atomic mass is 16.7. The SMILES string of the molecule is O=C[C@H](CC(=O)O)NC(=O)CN1C(=O)[C@@H](NC(=O)c2ccc3c(c2)OCO3)CN(C(=O)CO)c2ccccc21. The average Bonchev–Trinajstić information content (AvgIpc) is 3.36. The Hall–Kier alpha value is -4.98. The number of carbonyl (C=O) groups is 6. The van der Waals surface area contributed by atoms with E-state index in [0.717, 1.165) is 9.80 Å². The molecule has 2 aliphatic rings. The lowest BCUT2D eigenvalue weighted by Crippen LogP contribution is -2.55. The topological polar surface area (TPSA) is 192 Å². The Morgan fingerprint density at radius 1 is 1.08 bits per heavy atom. The van der Waals surface area contributed by atoms with E-state index in [1.807, 2.05) is 0 Å². The number of carbonyl (C=O) groups excluding carboxylic acids is 5. The molecule has 39 heavy (non-hydrogen) atoms. The number of fused-ring (bicyclic) bond motifs is 2. The molecule has 2 aliphatic heterocycles. The largest absolute Gasteiger partial charge is 0.481 e. The maximum absolute atomic E-state index is 13.7. The summed E-state index contributed by atoms with van der Waals surface area (Å²) in [5, 5.41) is 23.3. The Morgan fingerprint density at radius 3 is 2.49 bits per heavy atom. The number of para-hydroxylation sites is 2. The zero-order valence-electron chi connectivity index (χ0n) is 20.4. The van der Waals surface area contributed by atoms with Crippen LogP contribution in [0.1, 0.15) is 16.8 Å². The average molecular weight is 540 g/mol. The summed E-state index contributed by atoms with van der Waals surface area (Å²) in [5.41, 5.74) is 0.454. The molecule has 0 radical (unpaired) electrons. The highest BCUT2D eigenvalue weighted by Crippen LogP contribution is 2.34. The molecule has 0 bridgehead atoms. The predicted octanol–water partition coefficient (Wildman–Crippen LogP) is -0.956. The summed E-state index contributed by atoms with van der Waals surface area (Å²) in [6.45, 7) is -1.91. The van der Waals surface area contributed by atoms with Crippen LogP contribution in [0.25, 0.3) is 0 Å². The number of carboxylic acid groups (broad SMARTS) is 1. The molecule has 0 unspecified atom stereocenters. The van der Waals surface area contributed by atoms with Crippen LogP contribution in [0, 0.1) is 0 Å². The number of hydrogen-bond donors (Lipinski definition) is 4. The van der Waals surface area contributed by atoms with E-state index in [9.17, 15) is 33.9 Å². The molecule has 2 heterocycles. The van der Waals surface area contributed by atoms with Crippen LogP contribution in [-0.2, 0) is 24.0 Å². The van der Waals surface area contributed by atoms with Gasteiger partial charge < -0.3 is 40.0 Å². The van der Waals surface area contributed by atoms with Crippen molar-refractivity contribution in [3.05, 3.63) is 48.0 Å². The number of nitrogens with zero attached hydrogens (tertiary/aromatic N) is 2. The first kappa shape index (κ1) is 27.1. The molecule has 0 spiro atoms. The summed E-state index contributed by atoms with van der Waals surface area (Å²) in [5.74, 6) is -3.58. The first-order valence-corrected chi connectivity index (χ1v) is 11.7. The summed E-state index contributed by atoms with van der Waals surface area (Å²) >= 11 is 0. The van der Waals surface area contributed by atoms with Gasteiger partial charge in [0.2, 0.25) is 12.7 Å². The number of nitrogens with one attached hydrogen (secondary N) is 2. The Bertz CT molecular complexity index is 1330. The molecule has 2 aromatic rings. The second kappa shape index (κ2) is 11.6.